The number of hydrogen-bond donors (Lipinski definition) is 1. The lowest BCUT2D eigenvalue weighted by Crippen LogP contribution is -2.10. The molecule has 112 valence electrons. The molecule has 22 heavy (non-hydrogen) atoms. The molecule has 0 aliphatic rings. The Hall–Kier alpha value is -2.52. The molecule has 0 aromatic heterocycles. The van der Waals surface area contributed by atoms with Gasteiger partial charge in [-0.05, 0) is 29.0 Å². The lowest BCUT2D eigenvalue weighted by molar-refractivity contribution is 0.216. The Morgan fingerprint density at radius 3 is 2.32 bits per heavy atom. The van der Waals surface area contributed by atoms with E-state index < -0.39 is 0 Å². The summed E-state index contributed by atoms with van der Waals surface area (Å²) < 4.78 is 11.5. The highest BCUT2D eigenvalue weighted by Crippen LogP contribution is 2.21. The van der Waals surface area contributed by atoms with Crippen LogP contribution in [0.2, 0.25) is 0 Å². The van der Waals surface area contributed by atoms with Gasteiger partial charge in [0.15, 0.2) is 0 Å². The minimum atomic E-state index is 0.474. The van der Waals surface area contributed by atoms with Gasteiger partial charge < -0.3 is 15.2 Å². The van der Waals surface area contributed by atoms with Crippen LogP contribution in [0, 0.1) is 0 Å². The monoisotopic (exact) mass is 293 g/mol. The quantitative estimate of drug-likeness (QED) is 0.704. The van der Waals surface area contributed by atoms with E-state index in [-0.39, 0.29) is 0 Å². The first-order valence-electron chi connectivity index (χ1n) is 7.39. The van der Waals surface area contributed by atoms with Gasteiger partial charge in [0.2, 0.25) is 0 Å². The van der Waals surface area contributed by atoms with Gasteiger partial charge in [-0.1, -0.05) is 48.5 Å². The maximum absolute atomic E-state index is 5.75. The number of benzene rings is 3. The molecule has 0 atom stereocenters. The van der Waals surface area contributed by atoms with Gasteiger partial charge in [0, 0.05) is 12.1 Å². The topological polar surface area (TPSA) is 44.5 Å². The van der Waals surface area contributed by atoms with Crippen molar-refractivity contribution in [3.8, 4) is 11.5 Å². The molecule has 0 fully saturated rings. The van der Waals surface area contributed by atoms with Crippen LogP contribution in [0.5, 0.6) is 11.5 Å². The summed E-state index contributed by atoms with van der Waals surface area (Å²) in [5, 5.41) is 2.39. The Morgan fingerprint density at radius 2 is 1.45 bits per heavy atom. The first-order valence-corrected chi connectivity index (χ1v) is 7.39. The third kappa shape index (κ3) is 3.38. The molecule has 0 saturated carbocycles. The Morgan fingerprint density at radius 1 is 0.727 bits per heavy atom. The van der Waals surface area contributed by atoms with Crippen LogP contribution in [0.3, 0.4) is 0 Å². The Labute approximate surface area is 130 Å². The standard InChI is InChI=1S/C19H19NO2/c20-14-17-7-3-4-8-19(17)22-12-11-21-18-10-9-15-5-1-2-6-16(15)13-18/h1-10,13H,11-12,14,20H2. The van der Waals surface area contributed by atoms with Crippen molar-refractivity contribution in [3.05, 3.63) is 72.3 Å². The minimum Gasteiger partial charge on any atom is -0.490 e. The van der Waals surface area contributed by atoms with E-state index >= 15 is 0 Å². The predicted molar refractivity (Wildman–Crippen MR) is 89.3 cm³/mol. The molecule has 3 nitrogen and oxygen atoms in total. The molecule has 0 saturated heterocycles. The molecule has 3 aromatic carbocycles. The molecule has 3 aromatic rings. The summed E-state index contributed by atoms with van der Waals surface area (Å²) in [4.78, 5) is 0. The van der Waals surface area contributed by atoms with Gasteiger partial charge in [-0.3, -0.25) is 0 Å². The maximum atomic E-state index is 5.75. The van der Waals surface area contributed by atoms with Crippen molar-refractivity contribution in [1.29, 1.82) is 0 Å². The molecule has 0 amide bonds. The zero-order chi connectivity index (χ0) is 15.2. The molecule has 0 aliphatic carbocycles. The van der Waals surface area contributed by atoms with E-state index in [0.717, 1.165) is 17.1 Å². The van der Waals surface area contributed by atoms with Crippen molar-refractivity contribution in [1.82, 2.24) is 0 Å². The van der Waals surface area contributed by atoms with Gasteiger partial charge in [0.05, 0.1) is 0 Å². The molecule has 3 heteroatoms. The van der Waals surface area contributed by atoms with Gasteiger partial charge in [0.1, 0.15) is 24.7 Å². The Balaban J connectivity index is 1.56. The van der Waals surface area contributed by atoms with Crippen molar-refractivity contribution in [2.24, 2.45) is 5.73 Å². The average molecular weight is 293 g/mol. The largest absolute Gasteiger partial charge is 0.490 e. The van der Waals surface area contributed by atoms with E-state index in [4.69, 9.17) is 15.2 Å². The first kappa shape index (κ1) is 14.4. The number of fused-ring (bicyclic) bond motifs is 1. The summed E-state index contributed by atoms with van der Waals surface area (Å²) in [5.41, 5.74) is 6.70. The maximum Gasteiger partial charge on any atom is 0.123 e. The van der Waals surface area contributed by atoms with Gasteiger partial charge in [-0.25, -0.2) is 0 Å². The first-order chi connectivity index (χ1) is 10.9. The van der Waals surface area contributed by atoms with Crippen LogP contribution in [0.25, 0.3) is 10.8 Å². The van der Waals surface area contributed by atoms with E-state index in [1.54, 1.807) is 0 Å². The summed E-state index contributed by atoms with van der Waals surface area (Å²) in [6, 6.07) is 22.1. The Kier molecular flexibility index (Phi) is 4.56. The van der Waals surface area contributed by atoms with E-state index in [9.17, 15) is 0 Å². The molecular formula is C19H19NO2. The third-order valence-electron chi connectivity index (χ3n) is 3.52. The molecule has 0 unspecified atom stereocenters. The highest BCUT2D eigenvalue weighted by Gasteiger charge is 2.01. The molecule has 0 radical (unpaired) electrons. The van der Waals surface area contributed by atoms with Gasteiger partial charge in [0.25, 0.3) is 0 Å². The predicted octanol–water partition coefficient (Wildman–Crippen LogP) is 3.76. The molecular weight excluding hydrogens is 274 g/mol. The molecule has 0 aliphatic heterocycles. The highest BCUT2D eigenvalue weighted by molar-refractivity contribution is 5.83. The second-order valence-electron chi connectivity index (χ2n) is 5.02. The van der Waals surface area contributed by atoms with E-state index in [0.29, 0.717) is 19.8 Å². The van der Waals surface area contributed by atoms with Gasteiger partial charge >= 0.3 is 0 Å². The van der Waals surface area contributed by atoms with Crippen LogP contribution in [0.4, 0.5) is 0 Å². The molecule has 0 bridgehead atoms. The normalized spacial score (nSPS) is 10.6. The summed E-state index contributed by atoms with van der Waals surface area (Å²) in [5.74, 6) is 1.68. The van der Waals surface area contributed by atoms with Crippen LogP contribution in [-0.2, 0) is 6.54 Å². The summed E-state index contributed by atoms with van der Waals surface area (Å²) in [6.07, 6.45) is 0. The number of para-hydroxylation sites is 1. The summed E-state index contributed by atoms with van der Waals surface area (Å²) >= 11 is 0. The van der Waals surface area contributed by atoms with Gasteiger partial charge in [-0.2, -0.15) is 0 Å². The van der Waals surface area contributed by atoms with Crippen LogP contribution >= 0.6 is 0 Å². The number of nitrogens with two attached hydrogens (primary N) is 1. The zero-order valence-corrected chi connectivity index (χ0v) is 12.4. The lowest BCUT2D eigenvalue weighted by Gasteiger charge is -2.11. The third-order valence-corrected chi connectivity index (χ3v) is 3.52. The highest BCUT2D eigenvalue weighted by atomic mass is 16.5. The van der Waals surface area contributed by atoms with Gasteiger partial charge in [-0.15, -0.1) is 0 Å². The van der Waals surface area contributed by atoms with Crippen LogP contribution in [0.1, 0.15) is 5.56 Å². The number of ether oxygens (including phenoxy) is 2. The molecule has 2 N–H and O–H groups in total. The van der Waals surface area contributed by atoms with Crippen molar-refractivity contribution in [2.45, 2.75) is 6.54 Å². The SMILES string of the molecule is NCc1ccccc1OCCOc1ccc2ccccc2c1. The molecule has 0 heterocycles. The smallest absolute Gasteiger partial charge is 0.123 e. The fraction of sp³-hybridized carbons (Fsp3) is 0.158. The number of hydrogen-bond acceptors (Lipinski definition) is 3. The summed E-state index contributed by atoms with van der Waals surface area (Å²) in [6.45, 7) is 1.46. The van der Waals surface area contributed by atoms with Crippen LogP contribution in [0.15, 0.2) is 66.7 Å². The second-order valence-corrected chi connectivity index (χ2v) is 5.02. The van der Waals surface area contributed by atoms with Crippen molar-refractivity contribution < 1.29 is 9.47 Å². The van der Waals surface area contributed by atoms with Crippen LogP contribution < -0.4 is 15.2 Å². The lowest BCUT2D eigenvalue weighted by atomic mass is 10.1. The fourth-order valence-electron chi connectivity index (χ4n) is 2.38. The molecule has 3 rings (SSSR count). The summed E-state index contributed by atoms with van der Waals surface area (Å²) in [7, 11) is 0. The second kappa shape index (κ2) is 6.96. The Bertz CT molecular complexity index is 755. The minimum absolute atomic E-state index is 0.474. The number of rotatable bonds is 6. The van der Waals surface area contributed by atoms with Crippen molar-refractivity contribution >= 4 is 10.8 Å². The fourth-order valence-corrected chi connectivity index (χ4v) is 2.38. The van der Waals surface area contributed by atoms with E-state index in [2.05, 4.69) is 18.2 Å². The van der Waals surface area contributed by atoms with Crippen molar-refractivity contribution in [2.75, 3.05) is 13.2 Å². The van der Waals surface area contributed by atoms with E-state index in [1.807, 2.05) is 48.5 Å². The van der Waals surface area contributed by atoms with Crippen LogP contribution in [-0.4, -0.2) is 13.2 Å². The zero-order valence-electron chi connectivity index (χ0n) is 12.4. The van der Waals surface area contributed by atoms with E-state index in [1.165, 1.54) is 10.8 Å². The molecule has 0 spiro atoms. The van der Waals surface area contributed by atoms with Crippen molar-refractivity contribution in [3.63, 3.8) is 0 Å². The average Bonchev–Trinajstić information content (AvgIpc) is 2.59.